The van der Waals surface area contributed by atoms with Crippen molar-refractivity contribution in [3.05, 3.63) is 34.1 Å². The first kappa shape index (κ1) is 12.9. The Morgan fingerprint density at radius 1 is 1.53 bits per heavy atom. The number of halogens is 2. The Morgan fingerprint density at radius 3 is 3.06 bits per heavy atom. The van der Waals surface area contributed by atoms with E-state index in [1.165, 1.54) is 6.07 Å². The average molecular weight is 318 g/mol. The van der Waals surface area contributed by atoms with Crippen LogP contribution in [0.15, 0.2) is 22.7 Å². The summed E-state index contributed by atoms with van der Waals surface area (Å²) in [5, 5.41) is 2.88. The van der Waals surface area contributed by atoms with Crippen molar-refractivity contribution in [3.8, 4) is 0 Å². The molecule has 0 saturated carbocycles. The summed E-state index contributed by atoms with van der Waals surface area (Å²) in [5.41, 5.74) is 0.106. The summed E-state index contributed by atoms with van der Waals surface area (Å²) in [6.07, 6.45) is 2.09. The molecule has 1 aliphatic rings. The third-order valence-electron chi connectivity index (χ3n) is 2.69. The van der Waals surface area contributed by atoms with E-state index >= 15 is 0 Å². The second kappa shape index (κ2) is 5.87. The van der Waals surface area contributed by atoms with Gasteiger partial charge >= 0.3 is 0 Å². The van der Waals surface area contributed by atoms with Gasteiger partial charge in [-0.1, -0.05) is 6.07 Å². The van der Waals surface area contributed by atoms with Gasteiger partial charge in [0.2, 0.25) is 0 Å². The van der Waals surface area contributed by atoms with Crippen molar-refractivity contribution < 1.29 is 9.18 Å². The minimum atomic E-state index is -0.492. The molecule has 92 valence electrons. The van der Waals surface area contributed by atoms with Gasteiger partial charge in [-0.3, -0.25) is 4.79 Å². The molecule has 1 unspecified atom stereocenters. The average Bonchev–Trinajstić information content (AvgIpc) is 2.34. The van der Waals surface area contributed by atoms with E-state index in [4.69, 9.17) is 0 Å². The van der Waals surface area contributed by atoms with Crippen LogP contribution < -0.4 is 5.32 Å². The molecule has 17 heavy (non-hydrogen) atoms. The fraction of sp³-hybridized carbons (Fsp3) is 0.417. The van der Waals surface area contributed by atoms with Gasteiger partial charge in [0.15, 0.2) is 0 Å². The van der Waals surface area contributed by atoms with Gasteiger partial charge in [0.25, 0.3) is 5.91 Å². The van der Waals surface area contributed by atoms with Crippen LogP contribution in [0.25, 0.3) is 0 Å². The number of hydrogen-bond acceptors (Lipinski definition) is 2. The lowest BCUT2D eigenvalue weighted by molar-refractivity contribution is 0.0934. The Labute approximate surface area is 112 Å². The Kier molecular flexibility index (Phi) is 4.45. The minimum absolute atomic E-state index is 0.106. The van der Waals surface area contributed by atoms with E-state index in [0.29, 0.717) is 4.47 Å². The first-order valence-electron chi connectivity index (χ1n) is 5.51. The summed E-state index contributed by atoms with van der Waals surface area (Å²) in [4.78, 5) is 11.9. The molecule has 1 atom stereocenters. The van der Waals surface area contributed by atoms with Crippen molar-refractivity contribution in [2.75, 3.05) is 11.5 Å². The predicted octanol–water partition coefficient (Wildman–Crippen LogP) is 3.21. The maximum atomic E-state index is 13.7. The molecule has 0 spiro atoms. The normalized spacial score (nSPS) is 20.0. The van der Waals surface area contributed by atoms with Crippen molar-refractivity contribution in [2.45, 2.75) is 18.9 Å². The van der Waals surface area contributed by atoms with Crippen molar-refractivity contribution in [2.24, 2.45) is 0 Å². The lowest BCUT2D eigenvalue weighted by Gasteiger charge is -2.22. The zero-order valence-corrected chi connectivity index (χ0v) is 11.6. The fourth-order valence-electron chi connectivity index (χ4n) is 1.80. The molecule has 0 aromatic heterocycles. The highest BCUT2D eigenvalue weighted by atomic mass is 79.9. The molecule has 0 bridgehead atoms. The van der Waals surface area contributed by atoms with E-state index in [1.54, 1.807) is 12.1 Å². The first-order valence-corrected chi connectivity index (χ1v) is 7.46. The summed E-state index contributed by atoms with van der Waals surface area (Å²) in [7, 11) is 0. The van der Waals surface area contributed by atoms with E-state index in [0.717, 1.165) is 24.3 Å². The van der Waals surface area contributed by atoms with Gasteiger partial charge in [0.1, 0.15) is 5.82 Å². The Morgan fingerprint density at radius 2 is 2.35 bits per heavy atom. The van der Waals surface area contributed by atoms with Crippen molar-refractivity contribution in [3.63, 3.8) is 0 Å². The van der Waals surface area contributed by atoms with E-state index in [1.807, 2.05) is 11.8 Å². The van der Waals surface area contributed by atoms with Crippen LogP contribution in [-0.4, -0.2) is 23.5 Å². The molecule has 1 N–H and O–H groups in total. The van der Waals surface area contributed by atoms with Crippen LogP contribution in [0.4, 0.5) is 4.39 Å². The molecule has 2 nitrogen and oxygen atoms in total. The number of rotatable bonds is 2. The smallest absolute Gasteiger partial charge is 0.254 e. The SMILES string of the molecule is O=C(NC1CCCSC1)c1cccc(Br)c1F. The quantitative estimate of drug-likeness (QED) is 0.907. The second-order valence-corrected chi connectivity index (χ2v) is 5.99. The van der Waals surface area contributed by atoms with E-state index in [-0.39, 0.29) is 17.5 Å². The monoisotopic (exact) mass is 317 g/mol. The molecule has 1 aromatic rings. The Hall–Kier alpha value is -0.550. The molecule has 1 saturated heterocycles. The second-order valence-electron chi connectivity index (χ2n) is 3.99. The summed E-state index contributed by atoms with van der Waals surface area (Å²) in [5.74, 6) is 1.25. The highest BCUT2D eigenvalue weighted by molar-refractivity contribution is 9.10. The molecular weight excluding hydrogens is 305 g/mol. The third-order valence-corrected chi connectivity index (χ3v) is 4.52. The van der Waals surface area contributed by atoms with Gasteiger partial charge in [0.05, 0.1) is 10.0 Å². The lowest BCUT2D eigenvalue weighted by Crippen LogP contribution is -2.38. The van der Waals surface area contributed by atoms with Gasteiger partial charge in [0, 0.05) is 11.8 Å². The molecule has 2 rings (SSSR count). The van der Waals surface area contributed by atoms with Crippen LogP contribution in [0.5, 0.6) is 0 Å². The number of hydrogen-bond donors (Lipinski definition) is 1. The molecule has 1 aliphatic heterocycles. The Balaban J connectivity index is 2.06. The van der Waals surface area contributed by atoms with Crippen LogP contribution in [-0.2, 0) is 0 Å². The van der Waals surface area contributed by atoms with Crippen LogP contribution in [0.1, 0.15) is 23.2 Å². The maximum absolute atomic E-state index is 13.7. The minimum Gasteiger partial charge on any atom is -0.348 e. The number of amides is 1. The standard InChI is InChI=1S/C12H13BrFNOS/c13-10-5-1-4-9(11(10)14)12(16)15-8-3-2-6-17-7-8/h1,4-5,8H,2-3,6-7H2,(H,15,16). The molecule has 1 aromatic carbocycles. The van der Waals surface area contributed by atoms with E-state index in [2.05, 4.69) is 21.2 Å². The predicted molar refractivity (Wildman–Crippen MR) is 71.9 cm³/mol. The van der Waals surface area contributed by atoms with Crippen LogP contribution in [0.2, 0.25) is 0 Å². The lowest BCUT2D eigenvalue weighted by atomic mass is 10.1. The van der Waals surface area contributed by atoms with Crippen LogP contribution in [0.3, 0.4) is 0 Å². The summed E-state index contributed by atoms with van der Waals surface area (Å²) >= 11 is 4.91. The third kappa shape index (κ3) is 3.22. The zero-order chi connectivity index (χ0) is 12.3. The molecule has 0 radical (unpaired) electrons. The fourth-order valence-corrected chi connectivity index (χ4v) is 3.24. The van der Waals surface area contributed by atoms with Gasteiger partial charge in [-0.15, -0.1) is 0 Å². The van der Waals surface area contributed by atoms with Gasteiger partial charge < -0.3 is 5.32 Å². The number of benzene rings is 1. The van der Waals surface area contributed by atoms with Crippen molar-refractivity contribution in [1.82, 2.24) is 5.32 Å². The van der Waals surface area contributed by atoms with Crippen LogP contribution in [0, 0.1) is 5.82 Å². The molecule has 1 amide bonds. The number of carbonyl (C=O) groups excluding carboxylic acids is 1. The molecule has 1 fully saturated rings. The first-order chi connectivity index (χ1) is 8.18. The van der Waals surface area contributed by atoms with Crippen molar-refractivity contribution >= 4 is 33.6 Å². The van der Waals surface area contributed by atoms with Crippen LogP contribution >= 0.6 is 27.7 Å². The molecule has 1 heterocycles. The van der Waals surface area contributed by atoms with Crippen molar-refractivity contribution in [1.29, 1.82) is 0 Å². The summed E-state index contributed by atoms with van der Waals surface area (Å²) in [6, 6.07) is 4.92. The summed E-state index contributed by atoms with van der Waals surface area (Å²) in [6.45, 7) is 0. The summed E-state index contributed by atoms with van der Waals surface area (Å²) < 4.78 is 14.0. The highest BCUT2D eigenvalue weighted by Crippen LogP contribution is 2.20. The number of carbonyl (C=O) groups is 1. The van der Waals surface area contributed by atoms with Gasteiger partial charge in [-0.25, -0.2) is 4.39 Å². The Bertz CT molecular complexity index is 421. The molecular formula is C12H13BrFNOS. The molecule has 0 aliphatic carbocycles. The van der Waals surface area contributed by atoms with Gasteiger partial charge in [-0.2, -0.15) is 11.8 Å². The highest BCUT2D eigenvalue weighted by Gasteiger charge is 2.19. The van der Waals surface area contributed by atoms with E-state index < -0.39 is 5.82 Å². The topological polar surface area (TPSA) is 29.1 Å². The zero-order valence-electron chi connectivity index (χ0n) is 9.21. The molecule has 5 heteroatoms. The number of thioether (sulfide) groups is 1. The number of nitrogens with one attached hydrogen (secondary N) is 1. The maximum Gasteiger partial charge on any atom is 0.254 e. The van der Waals surface area contributed by atoms with E-state index in [9.17, 15) is 9.18 Å². The largest absolute Gasteiger partial charge is 0.348 e. The van der Waals surface area contributed by atoms with Gasteiger partial charge in [-0.05, 0) is 46.7 Å².